The van der Waals surface area contributed by atoms with E-state index in [-0.39, 0.29) is 35.9 Å². The molecule has 4 atom stereocenters. The molecule has 4 N–H and O–H groups in total. The Hall–Kier alpha value is -1.44. The maximum Gasteiger partial charge on any atom is 0.315 e. The van der Waals surface area contributed by atoms with Gasteiger partial charge in [-0.3, -0.25) is 9.59 Å². The lowest BCUT2D eigenvalue weighted by atomic mass is 9.91. The summed E-state index contributed by atoms with van der Waals surface area (Å²) in [4.78, 5) is 34.4. The number of hydrogen-bond donors (Lipinski definition) is 4. The number of amides is 3. The molecule has 0 aliphatic carbocycles. The number of unbranched alkanes of at least 4 members (excludes halogenated alkanes) is 2. The van der Waals surface area contributed by atoms with Crippen molar-refractivity contribution in [1.29, 1.82) is 0 Å². The first-order valence-electron chi connectivity index (χ1n) is 11.1. The first-order chi connectivity index (χ1) is 13.9. The van der Waals surface area contributed by atoms with Crippen LogP contribution in [0.5, 0.6) is 0 Å². The van der Waals surface area contributed by atoms with Crippen molar-refractivity contribution in [1.82, 2.24) is 16.0 Å². The van der Waals surface area contributed by atoms with E-state index in [1.807, 2.05) is 39.5 Å². The third kappa shape index (κ3) is 8.84. The number of carbonyl (C=O) groups is 3. The highest BCUT2D eigenvalue weighted by Gasteiger charge is 2.42. The lowest BCUT2D eigenvalue weighted by molar-refractivity contribution is -0.143. The summed E-state index contributed by atoms with van der Waals surface area (Å²) in [5, 5.41) is 18.5. The average Bonchev–Trinajstić information content (AvgIpc) is 3.22. The highest BCUT2D eigenvalue weighted by molar-refractivity contribution is 8.00. The van der Waals surface area contributed by atoms with Gasteiger partial charge < -0.3 is 21.1 Å². The molecule has 2 fully saturated rings. The summed E-state index contributed by atoms with van der Waals surface area (Å²) in [5.41, 5.74) is 0. The molecule has 2 aliphatic heterocycles. The maximum absolute atomic E-state index is 11.9. The van der Waals surface area contributed by atoms with E-state index in [0.29, 0.717) is 24.6 Å². The number of carboxylic acids is 1. The summed E-state index contributed by atoms with van der Waals surface area (Å²) in [6.45, 7) is 8.48. The van der Waals surface area contributed by atoms with Crippen LogP contribution in [0.1, 0.15) is 72.6 Å². The Morgan fingerprint density at radius 2 is 1.90 bits per heavy atom. The van der Waals surface area contributed by atoms with Gasteiger partial charge in [0.15, 0.2) is 0 Å². The van der Waals surface area contributed by atoms with Crippen LogP contribution >= 0.6 is 11.8 Å². The zero-order valence-electron chi connectivity index (χ0n) is 18.3. The van der Waals surface area contributed by atoms with E-state index >= 15 is 0 Å². The van der Waals surface area contributed by atoms with Crippen LogP contribution in [-0.2, 0) is 9.59 Å². The van der Waals surface area contributed by atoms with Crippen LogP contribution in [0.15, 0.2) is 0 Å². The lowest BCUT2D eigenvalue weighted by Crippen LogP contribution is -2.36. The van der Waals surface area contributed by atoms with Crippen LogP contribution in [0.3, 0.4) is 0 Å². The molecule has 168 valence electrons. The predicted molar refractivity (Wildman–Crippen MR) is 118 cm³/mol. The summed E-state index contributed by atoms with van der Waals surface area (Å²) in [6.07, 6.45) is 5.69. The Morgan fingerprint density at radius 3 is 2.55 bits per heavy atom. The van der Waals surface area contributed by atoms with Gasteiger partial charge in [0, 0.05) is 24.0 Å². The van der Waals surface area contributed by atoms with E-state index < -0.39 is 5.97 Å². The fourth-order valence-electron chi connectivity index (χ4n) is 3.82. The van der Waals surface area contributed by atoms with Gasteiger partial charge in [0.25, 0.3) is 0 Å². The molecule has 8 heteroatoms. The average molecular weight is 430 g/mol. The molecule has 4 unspecified atom stereocenters. The number of rotatable bonds is 12. The number of nitrogens with one attached hydrogen (secondary N) is 3. The number of hydrogen-bond acceptors (Lipinski definition) is 4. The van der Waals surface area contributed by atoms with E-state index in [4.69, 9.17) is 5.11 Å². The Kier molecular flexibility index (Phi) is 12.1. The minimum Gasteiger partial charge on any atom is -0.481 e. The number of carboxylic acid groups (broad SMARTS) is 1. The standard InChI is InChI=1S/C19H33N3O4S.C2H6/c1-12(2)13(18(24)25)7-5-6-10-20-16(23)9-4-3-8-15-17-14(11-27-15)21-19(26)22-17;1-2/h12-15,17H,3-11H2,1-2H3,(H,20,23)(H,24,25)(H2,21,22,26);1-2H3. The van der Waals surface area contributed by atoms with Crippen molar-refractivity contribution in [2.45, 2.75) is 90.0 Å². The highest BCUT2D eigenvalue weighted by Crippen LogP contribution is 2.33. The predicted octanol–water partition coefficient (Wildman–Crippen LogP) is 3.38. The molecular weight excluding hydrogens is 390 g/mol. The van der Waals surface area contributed by atoms with Gasteiger partial charge in [0.05, 0.1) is 18.0 Å². The molecule has 7 nitrogen and oxygen atoms in total. The van der Waals surface area contributed by atoms with E-state index in [9.17, 15) is 14.4 Å². The zero-order valence-corrected chi connectivity index (χ0v) is 19.1. The molecule has 0 saturated carbocycles. The Morgan fingerprint density at radius 1 is 1.17 bits per heavy atom. The highest BCUT2D eigenvalue weighted by atomic mass is 32.2. The zero-order chi connectivity index (χ0) is 21.8. The van der Waals surface area contributed by atoms with Crippen molar-refractivity contribution in [3.63, 3.8) is 0 Å². The van der Waals surface area contributed by atoms with Crippen LogP contribution < -0.4 is 16.0 Å². The molecule has 3 amide bonds. The lowest BCUT2D eigenvalue weighted by Gasteiger charge is -2.16. The second-order valence-electron chi connectivity index (χ2n) is 7.90. The van der Waals surface area contributed by atoms with Gasteiger partial charge >= 0.3 is 12.0 Å². The molecule has 2 heterocycles. The van der Waals surface area contributed by atoms with E-state index in [1.54, 1.807) is 0 Å². The van der Waals surface area contributed by atoms with Crippen LogP contribution in [0, 0.1) is 11.8 Å². The SMILES string of the molecule is CC.CC(C)C(CCCCNC(=O)CCCCC1SCC2NC(=O)NC21)C(=O)O. The van der Waals surface area contributed by atoms with Crippen LogP contribution in [0.2, 0.25) is 0 Å². The second kappa shape index (κ2) is 13.7. The minimum absolute atomic E-state index is 0.0576. The molecule has 2 aliphatic rings. The molecule has 0 aromatic heterocycles. The fourth-order valence-corrected chi connectivity index (χ4v) is 5.37. The van der Waals surface area contributed by atoms with Crippen molar-refractivity contribution in [3.05, 3.63) is 0 Å². The summed E-state index contributed by atoms with van der Waals surface area (Å²) >= 11 is 1.90. The molecule has 0 spiro atoms. The first-order valence-corrected chi connectivity index (χ1v) is 12.1. The monoisotopic (exact) mass is 429 g/mol. The quantitative estimate of drug-likeness (QED) is 0.281. The molecule has 0 radical (unpaired) electrons. The van der Waals surface area contributed by atoms with Crippen molar-refractivity contribution < 1.29 is 19.5 Å². The van der Waals surface area contributed by atoms with E-state index in [0.717, 1.165) is 37.9 Å². The van der Waals surface area contributed by atoms with Crippen LogP contribution in [0.4, 0.5) is 4.79 Å². The summed E-state index contributed by atoms with van der Waals surface area (Å²) in [7, 11) is 0. The topological polar surface area (TPSA) is 108 Å². The third-order valence-electron chi connectivity index (χ3n) is 5.47. The molecule has 0 aromatic rings. The van der Waals surface area contributed by atoms with Crippen LogP contribution in [-0.4, -0.2) is 52.6 Å². The smallest absolute Gasteiger partial charge is 0.315 e. The van der Waals surface area contributed by atoms with Gasteiger partial charge in [-0.15, -0.1) is 0 Å². The Balaban J connectivity index is 0.00000204. The van der Waals surface area contributed by atoms with Gasteiger partial charge in [0.1, 0.15) is 0 Å². The number of fused-ring (bicyclic) bond motifs is 1. The van der Waals surface area contributed by atoms with Gasteiger partial charge in [0.2, 0.25) is 5.91 Å². The van der Waals surface area contributed by atoms with E-state index in [2.05, 4.69) is 16.0 Å². The van der Waals surface area contributed by atoms with Gasteiger partial charge in [-0.2, -0.15) is 11.8 Å². The number of thioether (sulfide) groups is 1. The summed E-state index contributed by atoms with van der Waals surface area (Å²) in [6, 6.07) is 0.432. The fraction of sp³-hybridized carbons (Fsp3) is 0.857. The largest absolute Gasteiger partial charge is 0.481 e. The third-order valence-corrected chi connectivity index (χ3v) is 6.98. The molecular formula is C21H39N3O4S. The van der Waals surface area contributed by atoms with Gasteiger partial charge in [-0.25, -0.2) is 4.79 Å². The summed E-state index contributed by atoms with van der Waals surface area (Å²) < 4.78 is 0. The molecule has 0 aromatic carbocycles. The minimum atomic E-state index is -0.728. The Bertz CT molecular complexity index is 530. The number of carbonyl (C=O) groups excluding carboxylic acids is 2. The molecule has 2 saturated heterocycles. The van der Waals surface area contributed by atoms with Gasteiger partial charge in [-0.1, -0.05) is 40.5 Å². The van der Waals surface area contributed by atoms with Crippen molar-refractivity contribution in [2.24, 2.45) is 11.8 Å². The van der Waals surface area contributed by atoms with Crippen molar-refractivity contribution >= 4 is 29.7 Å². The van der Waals surface area contributed by atoms with Crippen LogP contribution in [0.25, 0.3) is 0 Å². The summed E-state index contributed by atoms with van der Waals surface area (Å²) in [5.74, 6) is 0.149. The van der Waals surface area contributed by atoms with Crippen molar-refractivity contribution in [3.8, 4) is 0 Å². The number of urea groups is 1. The molecule has 2 rings (SSSR count). The second-order valence-corrected chi connectivity index (χ2v) is 9.17. The maximum atomic E-state index is 11.9. The Labute approximate surface area is 179 Å². The normalized spacial score (nSPS) is 23.5. The van der Waals surface area contributed by atoms with Crippen molar-refractivity contribution in [2.75, 3.05) is 12.3 Å². The first kappa shape index (κ1) is 25.6. The van der Waals surface area contributed by atoms with E-state index in [1.165, 1.54) is 0 Å². The molecule has 29 heavy (non-hydrogen) atoms. The molecule has 0 bridgehead atoms. The van der Waals surface area contributed by atoms with Gasteiger partial charge in [-0.05, 0) is 31.6 Å². The number of aliphatic carboxylic acids is 1.